The van der Waals surface area contributed by atoms with Gasteiger partial charge in [0.25, 0.3) is 0 Å². The molecule has 1 N–H and O–H groups in total. The Bertz CT molecular complexity index is 348. The zero-order valence-electron chi connectivity index (χ0n) is 10.5. The molecule has 0 saturated heterocycles. The zero-order valence-corrected chi connectivity index (χ0v) is 12.1. The lowest BCUT2D eigenvalue weighted by molar-refractivity contribution is 0.156. The number of hydrogen-bond acceptors (Lipinski definition) is 2. The smallest absolute Gasteiger partial charge is 0.0672 e. The first-order valence-electron chi connectivity index (χ1n) is 5.80. The van der Waals surface area contributed by atoms with Crippen molar-refractivity contribution in [1.29, 1.82) is 0 Å². The van der Waals surface area contributed by atoms with Gasteiger partial charge in [-0.1, -0.05) is 40.2 Å². The van der Waals surface area contributed by atoms with E-state index in [9.17, 15) is 0 Å². The van der Waals surface area contributed by atoms with Crippen LogP contribution in [0.25, 0.3) is 0 Å². The molecule has 0 aromatic heterocycles. The van der Waals surface area contributed by atoms with Crippen molar-refractivity contribution in [3.05, 3.63) is 46.5 Å². The molecule has 0 fully saturated rings. The van der Waals surface area contributed by atoms with E-state index in [-0.39, 0.29) is 0 Å². The van der Waals surface area contributed by atoms with Crippen molar-refractivity contribution in [3.63, 3.8) is 0 Å². The molecule has 94 valence electrons. The summed E-state index contributed by atoms with van der Waals surface area (Å²) in [5.41, 5.74) is 2.35. The highest BCUT2D eigenvalue weighted by molar-refractivity contribution is 9.10. The molecule has 1 aromatic rings. The molecule has 1 aromatic carbocycles. The van der Waals surface area contributed by atoms with Gasteiger partial charge in [-0.2, -0.15) is 0 Å². The summed E-state index contributed by atoms with van der Waals surface area (Å²) < 4.78 is 6.54. The predicted octanol–water partition coefficient (Wildman–Crippen LogP) is 3.69. The van der Waals surface area contributed by atoms with Crippen molar-refractivity contribution in [3.8, 4) is 0 Å². The van der Waals surface area contributed by atoms with E-state index in [0.717, 1.165) is 16.6 Å². The van der Waals surface area contributed by atoms with E-state index in [1.165, 1.54) is 5.56 Å². The molecule has 17 heavy (non-hydrogen) atoms. The first-order chi connectivity index (χ1) is 8.09. The fraction of sp³-hybridized carbons (Fsp3) is 0.429. The highest BCUT2D eigenvalue weighted by Gasteiger charge is 2.03. The molecular weight excluding hydrogens is 278 g/mol. The third-order valence-corrected chi connectivity index (χ3v) is 2.94. The molecule has 0 radical (unpaired) electrons. The summed E-state index contributed by atoms with van der Waals surface area (Å²) in [4.78, 5) is 0. The Morgan fingerprint density at radius 2 is 2.06 bits per heavy atom. The Balaban J connectivity index is 2.23. The van der Waals surface area contributed by atoms with Gasteiger partial charge in [0.2, 0.25) is 0 Å². The van der Waals surface area contributed by atoms with E-state index in [0.29, 0.717) is 19.3 Å². The SMILES string of the molecule is C=C(C)COCCNC(C)c1ccc(Br)cc1. The van der Waals surface area contributed by atoms with Crippen LogP contribution in [0.1, 0.15) is 25.5 Å². The van der Waals surface area contributed by atoms with Crippen LogP contribution in [0.5, 0.6) is 0 Å². The van der Waals surface area contributed by atoms with Gasteiger partial charge in [0.1, 0.15) is 0 Å². The summed E-state index contributed by atoms with van der Waals surface area (Å²) in [6, 6.07) is 8.71. The van der Waals surface area contributed by atoms with Crippen molar-refractivity contribution in [2.24, 2.45) is 0 Å². The predicted molar refractivity (Wildman–Crippen MR) is 76.2 cm³/mol. The van der Waals surface area contributed by atoms with Gasteiger partial charge >= 0.3 is 0 Å². The van der Waals surface area contributed by atoms with Crippen molar-refractivity contribution in [2.45, 2.75) is 19.9 Å². The number of hydrogen-bond donors (Lipinski definition) is 1. The average molecular weight is 298 g/mol. The molecule has 2 nitrogen and oxygen atoms in total. The van der Waals surface area contributed by atoms with Gasteiger partial charge in [0, 0.05) is 17.1 Å². The van der Waals surface area contributed by atoms with Crippen molar-refractivity contribution in [1.82, 2.24) is 5.32 Å². The highest BCUT2D eigenvalue weighted by atomic mass is 79.9. The molecule has 0 amide bonds. The van der Waals surface area contributed by atoms with Crippen molar-refractivity contribution < 1.29 is 4.74 Å². The number of rotatable bonds is 7. The second-order valence-electron chi connectivity index (χ2n) is 4.24. The zero-order chi connectivity index (χ0) is 12.7. The second kappa shape index (κ2) is 7.64. The number of benzene rings is 1. The van der Waals surface area contributed by atoms with Gasteiger partial charge < -0.3 is 10.1 Å². The number of nitrogens with one attached hydrogen (secondary N) is 1. The largest absolute Gasteiger partial charge is 0.376 e. The monoisotopic (exact) mass is 297 g/mol. The van der Waals surface area contributed by atoms with Gasteiger partial charge in [-0.3, -0.25) is 0 Å². The number of ether oxygens (including phenoxy) is 1. The molecule has 1 atom stereocenters. The van der Waals surface area contributed by atoms with Crippen LogP contribution < -0.4 is 5.32 Å². The van der Waals surface area contributed by atoms with Crippen LogP contribution in [-0.4, -0.2) is 19.8 Å². The van der Waals surface area contributed by atoms with Gasteiger partial charge in [-0.05, 0) is 31.5 Å². The van der Waals surface area contributed by atoms with Crippen LogP contribution in [0.2, 0.25) is 0 Å². The maximum Gasteiger partial charge on any atom is 0.0672 e. The molecule has 0 aliphatic carbocycles. The standard InChI is InChI=1S/C14H20BrNO/c1-11(2)10-17-9-8-16-12(3)13-4-6-14(15)7-5-13/h4-7,12,16H,1,8-10H2,2-3H3. The van der Waals surface area contributed by atoms with Crippen molar-refractivity contribution in [2.75, 3.05) is 19.8 Å². The molecule has 0 saturated carbocycles. The lowest BCUT2D eigenvalue weighted by atomic mass is 10.1. The fourth-order valence-corrected chi connectivity index (χ4v) is 1.73. The summed E-state index contributed by atoms with van der Waals surface area (Å²) in [6.07, 6.45) is 0. The highest BCUT2D eigenvalue weighted by Crippen LogP contribution is 2.16. The Kier molecular flexibility index (Phi) is 6.48. The van der Waals surface area contributed by atoms with Crippen LogP contribution in [-0.2, 0) is 4.74 Å². The third kappa shape index (κ3) is 6.01. The quantitative estimate of drug-likeness (QED) is 0.612. The Morgan fingerprint density at radius 3 is 2.65 bits per heavy atom. The van der Waals surface area contributed by atoms with Crippen LogP contribution in [0.4, 0.5) is 0 Å². The molecular formula is C14H20BrNO. The second-order valence-corrected chi connectivity index (χ2v) is 5.15. The average Bonchev–Trinajstić information content (AvgIpc) is 2.29. The van der Waals surface area contributed by atoms with Gasteiger partial charge in [0.05, 0.1) is 13.2 Å². The molecule has 1 unspecified atom stereocenters. The van der Waals surface area contributed by atoms with Gasteiger partial charge in [-0.25, -0.2) is 0 Å². The molecule has 3 heteroatoms. The normalized spacial score (nSPS) is 12.4. The maximum atomic E-state index is 5.43. The molecule has 0 aliphatic rings. The van der Waals surface area contributed by atoms with E-state index in [1.807, 2.05) is 6.92 Å². The fourth-order valence-electron chi connectivity index (χ4n) is 1.46. The van der Waals surface area contributed by atoms with E-state index >= 15 is 0 Å². The molecule has 1 rings (SSSR count). The first-order valence-corrected chi connectivity index (χ1v) is 6.60. The van der Waals surface area contributed by atoms with E-state index in [1.54, 1.807) is 0 Å². The van der Waals surface area contributed by atoms with E-state index in [4.69, 9.17) is 4.74 Å². The summed E-state index contributed by atoms with van der Waals surface area (Å²) in [6.45, 7) is 10.1. The summed E-state index contributed by atoms with van der Waals surface area (Å²) in [5.74, 6) is 0. The first kappa shape index (κ1) is 14.4. The van der Waals surface area contributed by atoms with Crippen LogP contribution in [0.3, 0.4) is 0 Å². The Labute approximate surface area is 112 Å². The molecule has 0 spiro atoms. The van der Waals surface area contributed by atoms with Gasteiger partial charge in [0.15, 0.2) is 0 Å². The van der Waals surface area contributed by atoms with E-state index < -0.39 is 0 Å². The minimum atomic E-state index is 0.344. The molecule has 0 aliphatic heterocycles. The summed E-state index contributed by atoms with van der Waals surface area (Å²) in [7, 11) is 0. The molecule has 0 bridgehead atoms. The molecule has 0 heterocycles. The topological polar surface area (TPSA) is 21.3 Å². The Hall–Kier alpha value is -0.640. The van der Waals surface area contributed by atoms with Crippen molar-refractivity contribution >= 4 is 15.9 Å². The lowest BCUT2D eigenvalue weighted by Crippen LogP contribution is -2.23. The van der Waals surface area contributed by atoms with Crippen LogP contribution in [0.15, 0.2) is 40.9 Å². The Morgan fingerprint density at radius 1 is 1.41 bits per heavy atom. The summed E-state index contributed by atoms with van der Waals surface area (Å²) >= 11 is 3.43. The lowest BCUT2D eigenvalue weighted by Gasteiger charge is -2.14. The van der Waals surface area contributed by atoms with E-state index in [2.05, 4.69) is 59.0 Å². The summed E-state index contributed by atoms with van der Waals surface area (Å²) in [5, 5.41) is 3.42. The minimum absolute atomic E-state index is 0.344. The van der Waals surface area contributed by atoms with Gasteiger partial charge in [-0.15, -0.1) is 0 Å². The van der Waals surface area contributed by atoms with Crippen LogP contribution in [0, 0.1) is 0 Å². The third-order valence-electron chi connectivity index (χ3n) is 2.42. The maximum absolute atomic E-state index is 5.43. The number of halogens is 1. The minimum Gasteiger partial charge on any atom is -0.376 e. The van der Waals surface area contributed by atoms with Crippen LogP contribution >= 0.6 is 15.9 Å².